The lowest BCUT2D eigenvalue weighted by Crippen LogP contribution is -2.23. The second kappa shape index (κ2) is 7.32. The second-order valence-electron chi connectivity index (χ2n) is 5.29. The van der Waals surface area contributed by atoms with E-state index in [1.807, 2.05) is 26.0 Å². The minimum atomic E-state index is -0.455. The summed E-state index contributed by atoms with van der Waals surface area (Å²) in [5.41, 5.74) is 6.85. The number of aryl methyl sites for hydroxylation is 1. The molecule has 0 aliphatic carbocycles. The Labute approximate surface area is 138 Å². The van der Waals surface area contributed by atoms with Gasteiger partial charge in [0, 0.05) is 10.8 Å². The van der Waals surface area contributed by atoms with Crippen LogP contribution in [0.4, 0.5) is 11.5 Å². The number of rotatable bonds is 5. The molecule has 122 valence electrons. The molecule has 0 bridgehead atoms. The molecule has 0 spiro atoms. The molecule has 1 aromatic heterocycles. The molecule has 0 saturated carbocycles. The number of nitrogens with one attached hydrogen (secondary N) is 2. The summed E-state index contributed by atoms with van der Waals surface area (Å²) < 4.78 is 0. The van der Waals surface area contributed by atoms with Crippen molar-refractivity contribution >= 4 is 29.2 Å². The number of thioether (sulfide) groups is 1. The number of H-pyrrole nitrogens is 1. The molecule has 0 fully saturated rings. The predicted octanol–water partition coefficient (Wildman–Crippen LogP) is 2.80. The summed E-state index contributed by atoms with van der Waals surface area (Å²) in [5, 5.41) is 3.29. The molecule has 4 N–H and O–H groups in total. The van der Waals surface area contributed by atoms with E-state index in [9.17, 15) is 9.59 Å². The minimum Gasteiger partial charge on any atom is -0.382 e. The van der Waals surface area contributed by atoms with Gasteiger partial charge in [0.1, 0.15) is 5.69 Å². The van der Waals surface area contributed by atoms with Gasteiger partial charge in [0.2, 0.25) is 0 Å². The van der Waals surface area contributed by atoms with Gasteiger partial charge in [-0.2, -0.15) is 0 Å². The van der Waals surface area contributed by atoms with E-state index in [4.69, 9.17) is 5.73 Å². The van der Waals surface area contributed by atoms with Crippen molar-refractivity contribution in [1.29, 1.82) is 0 Å². The smallest absolute Gasteiger partial charge is 0.277 e. The van der Waals surface area contributed by atoms with Gasteiger partial charge in [-0.1, -0.05) is 43.3 Å². The van der Waals surface area contributed by atoms with Crippen molar-refractivity contribution in [3.05, 3.63) is 45.7 Å². The summed E-state index contributed by atoms with van der Waals surface area (Å²) in [6.07, 6.45) is 0.945. The Balaban J connectivity index is 2.21. The maximum atomic E-state index is 12.2. The highest BCUT2D eigenvalue weighted by molar-refractivity contribution is 7.99. The number of nitrogen functional groups attached to an aromatic ring is 1. The van der Waals surface area contributed by atoms with Crippen molar-refractivity contribution in [2.24, 2.45) is 0 Å². The Hall–Kier alpha value is -2.28. The molecule has 0 aliphatic rings. The van der Waals surface area contributed by atoms with Crippen LogP contribution in [-0.4, -0.2) is 21.1 Å². The normalized spacial score (nSPS) is 12.0. The monoisotopic (exact) mass is 332 g/mol. The molecule has 0 aliphatic heterocycles. The van der Waals surface area contributed by atoms with Gasteiger partial charge in [0.05, 0.1) is 0 Å². The molecule has 6 nitrogen and oxygen atoms in total. The molecule has 1 aromatic carbocycles. The van der Waals surface area contributed by atoms with E-state index >= 15 is 0 Å². The van der Waals surface area contributed by atoms with Crippen LogP contribution in [-0.2, 0) is 0 Å². The van der Waals surface area contributed by atoms with Gasteiger partial charge >= 0.3 is 0 Å². The molecule has 1 amide bonds. The number of hydrogen-bond donors (Lipinski definition) is 3. The third-order valence-corrected chi connectivity index (χ3v) is 4.52. The number of aromatic amines is 1. The van der Waals surface area contributed by atoms with Crippen LogP contribution in [0, 0.1) is 6.92 Å². The number of benzene rings is 1. The highest BCUT2D eigenvalue weighted by Crippen LogP contribution is 2.22. The number of nitrogens with two attached hydrogens (primary N) is 1. The Morgan fingerprint density at radius 1 is 1.39 bits per heavy atom. The highest BCUT2D eigenvalue weighted by atomic mass is 32.2. The summed E-state index contributed by atoms with van der Waals surface area (Å²) in [7, 11) is 0. The fourth-order valence-electron chi connectivity index (χ4n) is 1.81. The lowest BCUT2D eigenvalue weighted by atomic mass is 10.1. The van der Waals surface area contributed by atoms with Crippen LogP contribution in [0.2, 0.25) is 0 Å². The summed E-state index contributed by atoms with van der Waals surface area (Å²) in [6.45, 7) is 6.02. The predicted molar refractivity (Wildman–Crippen MR) is 94.0 cm³/mol. The first-order valence-corrected chi connectivity index (χ1v) is 8.23. The molecule has 23 heavy (non-hydrogen) atoms. The van der Waals surface area contributed by atoms with Crippen molar-refractivity contribution in [3.8, 4) is 0 Å². The Bertz CT molecular complexity index is 756. The third-order valence-electron chi connectivity index (χ3n) is 3.37. The fourth-order valence-corrected chi connectivity index (χ4v) is 2.66. The standard InChI is InChI=1S/C16H20N4O2S/c1-4-10(3)23-16-19-13(17)12(15(22)20-16)18-14(21)11-7-5-9(2)6-8-11/h5-8,10H,4H2,1-3H3,(H,18,21)(H3,17,19,20,22)/t10-/m0/s1. The molecular weight excluding hydrogens is 312 g/mol. The van der Waals surface area contributed by atoms with Crippen molar-refractivity contribution in [2.45, 2.75) is 37.6 Å². The second-order valence-corrected chi connectivity index (χ2v) is 6.72. The fraction of sp³-hybridized carbons (Fsp3) is 0.312. The quantitative estimate of drug-likeness (QED) is 0.577. The van der Waals surface area contributed by atoms with Gasteiger partial charge < -0.3 is 11.1 Å². The molecule has 2 rings (SSSR count). The Morgan fingerprint density at radius 3 is 2.61 bits per heavy atom. The number of carbonyl (C=O) groups is 1. The van der Waals surface area contributed by atoms with E-state index in [1.54, 1.807) is 12.1 Å². The highest BCUT2D eigenvalue weighted by Gasteiger charge is 2.14. The van der Waals surface area contributed by atoms with Crippen LogP contribution in [0.3, 0.4) is 0 Å². The van der Waals surface area contributed by atoms with Gasteiger partial charge in [0.15, 0.2) is 11.0 Å². The van der Waals surface area contributed by atoms with E-state index < -0.39 is 11.5 Å². The molecule has 0 radical (unpaired) electrons. The zero-order valence-corrected chi connectivity index (χ0v) is 14.2. The number of anilines is 2. The SMILES string of the molecule is CC[C@H](C)Sc1nc(N)c(NC(=O)c2ccc(C)cc2)c(=O)[nH]1. The van der Waals surface area contributed by atoms with Crippen molar-refractivity contribution in [2.75, 3.05) is 11.1 Å². The topological polar surface area (TPSA) is 101 Å². The van der Waals surface area contributed by atoms with Crippen LogP contribution in [0.1, 0.15) is 36.2 Å². The Morgan fingerprint density at radius 2 is 2.04 bits per heavy atom. The number of carbonyl (C=O) groups excluding carboxylic acids is 1. The number of amides is 1. The van der Waals surface area contributed by atoms with Crippen LogP contribution in [0.15, 0.2) is 34.2 Å². The summed E-state index contributed by atoms with van der Waals surface area (Å²) in [4.78, 5) is 31.1. The van der Waals surface area contributed by atoms with E-state index in [2.05, 4.69) is 22.2 Å². The van der Waals surface area contributed by atoms with Gasteiger partial charge in [0.25, 0.3) is 11.5 Å². The van der Waals surface area contributed by atoms with Gasteiger partial charge in [-0.3, -0.25) is 14.6 Å². The molecular formula is C16H20N4O2S. The average molecular weight is 332 g/mol. The van der Waals surface area contributed by atoms with Gasteiger partial charge in [-0.25, -0.2) is 4.98 Å². The maximum Gasteiger partial charge on any atom is 0.277 e. The van der Waals surface area contributed by atoms with Crippen LogP contribution in [0.5, 0.6) is 0 Å². The Kier molecular flexibility index (Phi) is 5.44. The van der Waals surface area contributed by atoms with Crippen molar-refractivity contribution in [3.63, 3.8) is 0 Å². The first kappa shape index (κ1) is 17.1. The average Bonchev–Trinajstić information content (AvgIpc) is 2.51. The lowest BCUT2D eigenvalue weighted by molar-refractivity contribution is 0.102. The van der Waals surface area contributed by atoms with E-state index in [-0.39, 0.29) is 11.5 Å². The van der Waals surface area contributed by atoms with Crippen LogP contribution in [0.25, 0.3) is 0 Å². The number of nitrogens with zero attached hydrogens (tertiary/aromatic N) is 1. The largest absolute Gasteiger partial charge is 0.382 e. The first-order chi connectivity index (χ1) is 10.9. The lowest BCUT2D eigenvalue weighted by Gasteiger charge is -2.10. The molecule has 0 saturated heterocycles. The summed E-state index contributed by atoms with van der Waals surface area (Å²) in [5.74, 6) is -0.383. The van der Waals surface area contributed by atoms with E-state index in [1.165, 1.54) is 11.8 Å². The van der Waals surface area contributed by atoms with Crippen molar-refractivity contribution in [1.82, 2.24) is 9.97 Å². The first-order valence-electron chi connectivity index (χ1n) is 7.35. The van der Waals surface area contributed by atoms with Crippen LogP contribution >= 0.6 is 11.8 Å². The minimum absolute atomic E-state index is 0.0139. The summed E-state index contributed by atoms with van der Waals surface area (Å²) in [6, 6.07) is 7.03. The molecule has 7 heteroatoms. The molecule has 0 unspecified atom stereocenters. The van der Waals surface area contributed by atoms with Crippen LogP contribution < -0.4 is 16.6 Å². The third kappa shape index (κ3) is 4.35. The zero-order chi connectivity index (χ0) is 17.0. The molecule has 1 heterocycles. The molecule has 2 aromatic rings. The summed E-state index contributed by atoms with van der Waals surface area (Å²) >= 11 is 1.44. The van der Waals surface area contributed by atoms with Crippen molar-refractivity contribution < 1.29 is 4.79 Å². The zero-order valence-electron chi connectivity index (χ0n) is 13.3. The van der Waals surface area contributed by atoms with E-state index in [0.29, 0.717) is 16.0 Å². The molecule has 1 atom stereocenters. The van der Waals surface area contributed by atoms with E-state index in [0.717, 1.165) is 12.0 Å². The maximum absolute atomic E-state index is 12.2. The van der Waals surface area contributed by atoms with Gasteiger partial charge in [-0.05, 0) is 25.5 Å². The van der Waals surface area contributed by atoms with Gasteiger partial charge in [-0.15, -0.1) is 0 Å². The number of aromatic nitrogens is 2. The number of hydrogen-bond acceptors (Lipinski definition) is 5.